The van der Waals surface area contributed by atoms with Crippen LogP contribution in [0.3, 0.4) is 0 Å². The number of aromatic nitrogens is 1. The molecule has 1 fully saturated rings. The standard InChI is InChI=1S/C21H23ClFN3O3/c22-16-6-7-19(24-14-16)25-21(28)15-8-10-26(11-9-15)20(27)5-2-12-29-18-4-1-3-17(23)13-18/h1,3-4,6-7,13-15H,2,5,8-12H2,(H,24,25,28). The molecule has 0 saturated carbocycles. The van der Waals surface area contributed by atoms with Crippen LogP contribution in [0.2, 0.25) is 5.02 Å². The quantitative estimate of drug-likeness (QED) is 0.690. The highest BCUT2D eigenvalue weighted by Crippen LogP contribution is 2.20. The largest absolute Gasteiger partial charge is 0.493 e. The lowest BCUT2D eigenvalue weighted by molar-refractivity contribution is -0.134. The molecule has 0 spiro atoms. The maximum absolute atomic E-state index is 13.1. The zero-order valence-electron chi connectivity index (χ0n) is 15.9. The van der Waals surface area contributed by atoms with E-state index in [4.69, 9.17) is 16.3 Å². The fourth-order valence-corrected chi connectivity index (χ4v) is 3.31. The van der Waals surface area contributed by atoms with Crippen LogP contribution >= 0.6 is 11.6 Å². The van der Waals surface area contributed by atoms with Gasteiger partial charge in [0.2, 0.25) is 11.8 Å². The van der Waals surface area contributed by atoms with E-state index in [-0.39, 0.29) is 23.5 Å². The van der Waals surface area contributed by atoms with Crippen molar-refractivity contribution in [3.05, 3.63) is 53.4 Å². The summed E-state index contributed by atoms with van der Waals surface area (Å²) in [5.41, 5.74) is 0. The average molecular weight is 420 g/mol. The van der Waals surface area contributed by atoms with E-state index in [0.717, 1.165) is 0 Å². The summed E-state index contributed by atoms with van der Waals surface area (Å²) >= 11 is 5.79. The zero-order valence-corrected chi connectivity index (χ0v) is 16.7. The van der Waals surface area contributed by atoms with Gasteiger partial charge in [-0.25, -0.2) is 9.37 Å². The summed E-state index contributed by atoms with van der Waals surface area (Å²) in [6, 6.07) is 9.26. The van der Waals surface area contributed by atoms with Crippen molar-refractivity contribution < 1.29 is 18.7 Å². The van der Waals surface area contributed by atoms with E-state index in [1.807, 2.05) is 0 Å². The van der Waals surface area contributed by atoms with Gasteiger partial charge in [-0.1, -0.05) is 17.7 Å². The van der Waals surface area contributed by atoms with E-state index in [9.17, 15) is 14.0 Å². The van der Waals surface area contributed by atoms with Crippen LogP contribution in [0.25, 0.3) is 0 Å². The first-order valence-electron chi connectivity index (χ1n) is 9.60. The molecule has 1 aromatic carbocycles. The Balaban J connectivity index is 1.35. The molecule has 29 heavy (non-hydrogen) atoms. The molecule has 2 aromatic rings. The lowest BCUT2D eigenvalue weighted by atomic mass is 9.95. The van der Waals surface area contributed by atoms with Crippen molar-refractivity contribution >= 4 is 29.2 Å². The topological polar surface area (TPSA) is 71.5 Å². The summed E-state index contributed by atoms with van der Waals surface area (Å²) in [5.74, 6) is 0.391. The molecular weight excluding hydrogens is 397 g/mol. The van der Waals surface area contributed by atoms with Gasteiger partial charge in [0.05, 0.1) is 11.6 Å². The van der Waals surface area contributed by atoms with Gasteiger partial charge in [-0.05, 0) is 43.5 Å². The number of pyridine rings is 1. The zero-order chi connectivity index (χ0) is 20.6. The Labute approximate surface area is 174 Å². The van der Waals surface area contributed by atoms with Crippen LogP contribution in [0.5, 0.6) is 5.75 Å². The molecule has 0 bridgehead atoms. The molecular formula is C21H23ClFN3O3. The third-order valence-electron chi connectivity index (χ3n) is 4.80. The smallest absolute Gasteiger partial charge is 0.228 e. The lowest BCUT2D eigenvalue weighted by Gasteiger charge is -2.31. The van der Waals surface area contributed by atoms with Gasteiger partial charge in [-0.3, -0.25) is 9.59 Å². The van der Waals surface area contributed by atoms with E-state index < -0.39 is 0 Å². The number of nitrogens with one attached hydrogen (secondary N) is 1. The fourth-order valence-electron chi connectivity index (χ4n) is 3.20. The number of nitrogens with zero attached hydrogens (tertiary/aromatic N) is 2. The molecule has 154 valence electrons. The third kappa shape index (κ3) is 6.42. The molecule has 0 radical (unpaired) electrons. The van der Waals surface area contributed by atoms with E-state index in [0.29, 0.717) is 62.0 Å². The van der Waals surface area contributed by atoms with Gasteiger partial charge >= 0.3 is 0 Å². The van der Waals surface area contributed by atoms with E-state index in [2.05, 4.69) is 10.3 Å². The van der Waals surface area contributed by atoms with Crippen molar-refractivity contribution in [2.75, 3.05) is 25.0 Å². The molecule has 1 aromatic heterocycles. The Morgan fingerprint density at radius 2 is 2.03 bits per heavy atom. The van der Waals surface area contributed by atoms with Gasteiger partial charge in [0.15, 0.2) is 0 Å². The number of anilines is 1. The highest BCUT2D eigenvalue weighted by Gasteiger charge is 2.27. The first kappa shape index (κ1) is 21.0. The maximum atomic E-state index is 13.1. The molecule has 2 heterocycles. The summed E-state index contributed by atoms with van der Waals surface area (Å²) in [7, 11) is 0. The number of benzene rings is 1. The number of hydrogen-bond donors (Lipinski definition) is 1. The molecule has 1 aliphatic rings. The van der Waals surface area contributed by atoms with Crippen LogP contribution in [0.15, 0.2) is 42.6 Å². The van der Waals surface area contributed by atoms with Crippen LogP contribution in [-0.2, 0) is 9.59 Å². The Bertz CT molecular complexity index is 839. The Kier molecular flexibility index (Phi) is 7.41. The highest BCUT2D eigenvalue weighted by molar-refractivity contribution is 6.30. The monoisotopic (exact) mass is 419 g/mol. The SMILES string of the molecule is O=C(Nc1ccc(Cl)cn1)C1CCN(C(=O)CCCOc2cccc(F)c2)CC1. The first-order chi connectivity index (χ1) is 14.0. The number of piperidine rings is 1. The Hall–Kier alpha value is -2.67. The number of carbonyl (C=O) groups is 2. The third-order valence-corrected chi connectivity index (χ3v) is 5.02. The molecule has 8 heteroatoms. The number of halogens is 2. The number of amides is 2. The molecule has 0 atom stereocenters. The summed E-state index contributed by atoms with van der Waals surface area (Å²) in [6.45, 7) is 1.45. The second-order valence-electron chi connectivity index (χ2n) is 6.92. The first-order valence-corrected chi connectivity index (χ1v) is 9.97. The van der Waals surface area contributed by atoms with Crippen molar-refractivity contribution in [1.29, 1.82) is 0 Å². The minimum atomic E-state index is -0.350. The Morgan fingerprint density at radius 3 is 2.72 bits per heavy atom. The van der Waals surface area contributed by atoms with Crippen LogP contribution in [-0.4, -0.2) is 41.4 Å². The minimum absolute atomic E-state index is 0.0473. The van der Waals surface area contributed by atoms with Crippen molar-refractivity contribution in [3.63, 3.8) is 0 Å². The Morgan fingerprint density at radius 1 is 1.24 bits per heavy atom. The molecule has 6 nitrogen and oxygen atoms in total. The second kappa shape index (κ2) is 10.2. The van der Waals surface area contributed by atoms with Gasteiger partial charge in [0.25, 0.3) is 0 Å². The molecule has 0 unspecified atom stereocenters. The minimum Gasteiger partial charge on any atom is -0.493 e. The predicted molar refractivity (Wildman–Crippen MR) is 108 cm³/mol. The van der Waals surface area contributed by atoms with Crippen molar-refractivity contribution in [2.24, 2.45) is 5.92 Å². The molecule has 2 amide bonds. The van der Waals surface area contributed by atoms with Crippen LogP contribution < -0.4 is 10.1 Å². The molecule has 1 N–H and O–H groups in total. The highest BCUT2D eigenvalue weighted by atomic mass is 35.5. The summed E-state index contributed by atoms with van der Waals surface area (Å²) in [6.07, 6.45) is 3.63. The van der Waals surface area contributed by atoms with Gasteiger partial charge in [0.1, 0.15) is 17.4 Å². The maximum Gasteiger partial charge on any atom is 0.228 e. The van der Waals surface area contributed by atoms with Crippen LogP contribution in [0, 0.1) is 11.7 Å². The number of hydrogen-bond acceptors (Lipinski definition) is 4. The van der Waals surface area contributed by atoms with Crippen molar-refractivity contribution in [2.45, 2.75) is 25.7 Å². The molecule has 0 aliphatic carbocycles. The number of likely N-dealkylation sites (tertiary alicyclic amines) is 1. The number of carbonyl (C=O) groups excluding carboxylic acids is 2. The summed E-state index contributed by atoms with van der Waals surface area (Å²) in [5, 5.41) is 3.30. The van der Waals surface area contributed by atoms with Crippen LogP contribution in [0.1, 0.15) is 25.7 Å². The molecule has 1 saturated heterocycles. The van der Waals surface area contributed by atoms with Crippen LogP contribution in [0.4, 0.5) is 10.2 Å². The number of rotatable bonds is 7. The average Bonchev–Trinajstić information content (AvgIpc) is 2.73. The van der Waals surface area contributed by atoms with Gasteiger partial charge < -0.3 is 15.0 Å². The summed E-state index contributed by atoms with van der Waals surface area (Å²) < 4.78 is 18.6. The van der Waals surface area contributed by atoms with Crippen molar-refractivity contribution in [3.8, 4) is 5.75 Å². The van der Waals surface area contributed by atoms with Gasteiger partial charge in [-0.2, -0.15) is 0 Å². The van der Waals surface area contributed by atoms with Gasteiger partial charge in [-0.15, -0.1) is 0 Å². The predicted octanol–water partition coefficient (Wildman–Crippen LogP) is 3.91. The normalized spacial score (nSPS) is 14.5. The van der Waals surface area contributed by atoms with Gasteiger partial charge in [0, 0.05) is 37.7 Å². The molecule has 3 rings (SSSR count). The van der Waals surface area contributed by atoms with E-state index in [1.54, 1.807) is 29.2 Å². The molecule has 1 aliphatic heterocycles. The van der Waals surface area contributed by atoms with E-state index in [1.165, 1.54) is 18.3 Å². The number of ether oxygens (including phenoxy) is 1. The summed E-state index contributed by atoms with van der Waals surface area (Å²) in [4.78, 5) is 30.6. The second-order valence-corrected chi connectivity index (χ2v) is 7.35. The lowest BCUT2D eigenvalue weighted by Crippen LogP contribution is -2.41. The van der Waals surface area contributed by atoms with E-state index >= 15 is 0 Å². The van der Waals surface area contributed by atoms with Crippen molar-refractivity contribution in [1.82, 2.24) is 9.88 Å². The fraction of sp³-hybridized carbons (Fsp3) is 0.381.